The summed E-state index contributed by atoms with van der Waals surface area (Å²) in [5, 5.41) is 4.04. The highest BCUT2D eigenvalue weighted by Crippen LogP contribution is 2.23. The lowest BCUT2D eigenvalue weighted by Crippen LogP contribution is -2.48. The van der Waals surface area contributed by atoms with Gasteiger partial charge in [0.15, 0.2) is 0 Å². The van der Waals surface area contributed by atoms with E-state index < -0.39 is 6.04 Å². The van der Waals surface area contributed by atoms with Gasteiger partial charge >= 0.3 is 5.97 Å². The van der Waals surface area contributed by atoms with Crippen LogP contribution in [-0.2, 0) is 21.4 Å². The number of esters is 1. The smallest absolute Gasteiger partial charge is 0.307 e. The second-order valence-electron chi connectivity index (χ2n) is 5.39. The Balaban J connectivity index is 2.09. The maximum Gasteiger partial charge on any atom is 0.307 e. The van der Waals surface area contributed by atoms with E-state index in [1.54, 1.807) is 29.0 Å². The van der Waals surface area contributed by atoms with Gasteiger partial charge in [-0.15, -0.1) is 0 Å². The molecule has 1 saturated heterocycles. The summed E-state index contributed by atoms with van der Waals surface area (Å²) in [6.45, 7) is 0.633. The first-order chi connectivity index (χ1) is 10.0. The maximum absolute atomic E-state index is 12.6. The molecule has 0 saturated carbocycles. The van der Waals surface area contributed by atoms with E-state index >= 15 is 0 Å². The highest BCUT2D eigenvalue weighted by molar-refractivity contribution is 5.84. The monoisotopic (exact) mass is 294 g/mol. The zero-order chi connectivity index (χ0) is 15.4. The van der Waals surface area contributed by atoms with E-state index in [-0.39, 0.29) is 24.3 Å². The number of likely N-dealkylation sites (tertiary alicyclic amines) is 1. The quantitative estimate of drug-likeness (QED) is 0.810. The number of nitrogens with two attached hydrogens (primary N) is 1. The van der Waals surface area contributed by atoms with Gasteiger partial charge in [-0.3, -0.25) is 14.3 Å². The summed E-state index contributed by atoms with van der Waals surface area (Å²) in [6, 6.07) is -0.863. The van der Waals surface area contributed by atoms with Crippen molar-refractivity contribution in [2.45, 2.75) is 37.8 Å². The van der Waals surface area contributed by atoms with Gasteiger partial charge in [0.2, 0.25) is 5.91 Å². The summed E-state index contributed by atoms with van der Waals surface area (Å²) in [5.41, 5.74) is 6.73. The second kappa shape index (κ2) is 6.71. The number of amides is 1. The van der Waals surface area contributed by atoms with Crippen LogP contribution in [0, 0.1) is 0 Å². The fourth-order valence-electron chi connectivity index (χ4n) is 2.70. The molecule has 0 aliphatic carbocycles. The Morgan fingerprint density at radius 2 is 2.29 bits per heavy atom. The molecule has 2 unspecified atom stereocenters. The first kappa shape index (κ1) is 15.5. The Morgan fingerprint density at radius 1 is 1.52 bits per heavy atom. The van der Waals surface area contributed by atoms with Gasteiger partial charge in [-0.25, -0.2) is 0 Å². The molecule has 1 fully saturated rings. The van der Waals surface area contributed by atoms with Crippen LogP contribution in [0.15, 0.2) is 12.4 Å². The molecule has 1 aliphatic heterocycles. The number of aromatic nitrogens is 2. The van der Waals surface area contributed by atoms with E-state index in [1.807, 2.05) is 0 Å². The summed E-state index contributed by atoms with van der Waals surface area (Å²) < 4.78 is 6.32. The number of carbonyl (C=O) groups is 2. The average molecular weight is 294 g/mol. The number of piperidine rings is 1. The fraction of sp³-hybridized carbons (Fsp3) is 0.643. The van der Waals surface area contributed by atoms with Gasteiger partial charge in [0.05, 0.1) is 19.7 Å². The Hall–Kier alpha value is -1.89. The lowest BCUT2D eigenvalue weighted by Gasteiger charge is -2.36. The maximum atomic E-state index is 12.6. The Morgan fingerprint density at radius 3 is 2.90 bits per heavy atom. The molecule has 116 valence electrons. The van der Waals surface area contributed by atoms with E-state index in [1.165, 1.54) is 7.11 Å². The molecule has 2 N–H and O–H groups in total. The topological polar surface area (TPSA) is 90.4 Å². The number of hydrogen-bond donors (Lipinski definition) is 1. The Labute approximate surface area is 124 Å². The molecule has 1 amide bonds. The number of aryl methyl sites for hydroxylation is 1. The SMILES string of the molecule is COC(=O)CC1CCCCN1C(=O)C(N)c1cnn(C)c1. The molecule has 1 aliphatic rings. The largest absolute Gasteiger partial charge is 0.469 e. The van der Waals surface area contributed by atoms with Crippen LogP contribution in [0.2, 0.25) is 0 Å². The summed E-state index contributed by atoms with van der Waals surface area (Å²) in [5.74, 6) is -0.453. The van der Waals surface area contributed by atoms with Gasteiger partial charge in [0, 0.05) is 31.4 Å². The Bertz CT molecular complexity index is 514. The summed E-state index contributed by atoms with van der Waals surface area (Å²) in [4.78, 5) is 25.8. The normalized spacial score (nSPS) is 20.1. The molecular weight excluding hydrogens is 272 g/mol. The summed E-state index contributed by atoms with van der Waals surface area (Å²) >= 11 is 0. The van der Waals surface area contributed by atoms with Crippen molar-refractivity contribution in [2.75, 3.05) is 13.7 Å². The van der Waals surface area contributed by atoms with Crippen LogP contribution < -0.4 is 5.73 Å². The standard InChI is InChI=1S/C14H22N4O3/c1-17-9-10(8-16-17)13(15)14(20)18-6-4-3-5-11(18)7-12(19)21-2/h8-9,11,13H,3-7,15H2,1-2H3. The van der Waals surface area contributed by atoms with Crippen LogP contribution in [0.5, 0.6) is 0 Å². The Kier molecular flexibility index (Phi) is 4.95. The van der Waals surface area contributed by atoms with Crippen molar-refractivity contribution < 1.29 is 14.3 Å². The molecule has 2 heterocycles. The lowest BCUT2D eigenvalue weighted by atomic mass is 9.97. The summed E-state index contributed by atoms with van der Waals surface area (Å²) in [6.07, 6.45) is 6.31. The minimum atomic E-state index is -0.739. The highest BCUT2D eigenvalue weighted by Gasteiger charge is 2.32. The number of methoxy groups -OCH3 is 1. The van der Waals surface area contributed by atoms with E-state index in [0.717, 1.165) is 19.3 Å². The summed E-state index contributed by atoms with van der Waals surface area (Å²) in [7, 11) is 3.14. The van der Waals surface area contributed by atoms with Crippen molar-refractivity contribution in [1.82, 2.24) is 14.7 Å². The number of carbonyl (C=O) groups excluding carboxylic acids is 2. The third kappa shape index (κ3) is 3.60. The van der Waals surface area contributed by atoms with Gasteiger partial charge < -0.3 is 15.4 Å². The third-order valence-corrected chi connectivity index (χ3v) is 3.89. The van der Waals surface area contributed by atoms with Crippen LogP contribution in [0.3, 0.4) is 0 Å². The zero-order valence-electron chi connectivity index (χ0n) is 12.5. The van der Waals surface area contributed by atoms with Gasteiger partial charge in [-0.05, 0) is 19.3 Å². The van der Waals surface area contributed by atoms with Crippen molar-refractivity contribution in [3.05, 3.63) is 18.0 Å². The number of nitrogens with zero attached hydrogens (tertiary/aromatic N) is 3. The van der Waals surface area contributed by atoms with E-state index in [0.29, 0.717) is 12.1 Å². The predicted octanol–water partition coefficient (Wildman–Crippen LogP) is 0.364. The zero-order valence-corrected chi connectivity index (χ0v) is 12.5. The van der Waals surface area contributed by atoms with Crippen molar-refractivity contribution in [2.24, 2.45) is 12.8 Å². The molecule has 0 spiro atoms. The van der Waals surface area contributed by atoms with Gasteiger partial charge in [0.25, 0.3) is 0 Å². The van der Waals surface area contributed by atoms with Gasteiger partial charge in [-0.1, -0.05) is 0 Å². The van der Waals surface area contributed by atoms with Crippen LogP contribution in [-0.4, -0.2) is 46.3 Å². The van der Waals surface area contributed by atoms with Crippen molar-refractivity contribution >= 4 is 11.9 Å². The van der Waals surface area contributed by atoms with Crippen molar-refractivity contribution in [3.63, 3.8) is 0 Å². The molecule has 2 rings (SSSR count). The predicted molar refractivity (Wildman–Crippen MR) is 76.1 cm³/mol. The van der Waals surface area contributed by atoms with Crippen LogP contribution in [0.4, 0.5) is 0 Å². The van der Waals surface area contributed by atoms with E-state index in [4.69, 9.17) is 10.5 Å². The van der Waals surface area contributed by atoms with Crippen LogP contribution in [0.1, 0.15) is 37.3 Å². The van der Waals surface area contributed by atoms with E-state index in [9.17, 15) is 9.59 Å². The average Bonchev–Trinajstić information content (AvgIpc) is 2.92. The van der Waals surface area contributed by atoms with Crippen LogP contribution in [0.25, 0.3) is 0 Å². The van der Waals surface area contributed by atoms with E-state index in [2.05, 4.69) is 5.10 Å². The molecule has 0 bridgehead atoms. The molecular formula is C14H22N4O3. The number of hydrogen-bond acceptors (Lipinski definition) is 5. The van der Waals surface area contributed by atoms with Gasteiger partial charge in [-0.2, -0.15) is 5.10 Å². The fourth-order valence-corrected chi connectivity index (χ4v) is 2.70. The van der Waals surface area contributed by atoms with Gasteiger partial charge in [0.1, 0.15) is 6.04 Å². The number of rotatable bonds is 4. The molecule has 1 aromatic heterocycles. The first-order valence-corrected chi connectivity index (χ1v) is 7.14. The minimum Gasteiger partial charge on any atom is -0.469 e. The third-order valence-electron chi connectivity index (χ3n) is 3.89. The van der Waals surface area contributed by atoms with Crippen LogP contribution >= 0.6 is 0 Å². The number of ether oxygens (including phenoxy) is 1. The van der Waals surface area contributed by atoms with Crippen molar-refractivity contribution in [3.8, 4) is 0 Å². The minimum absolute atomic E-state index is 0.124. The molecule has 7 heteroatoms. The lowest BCUT2D eigenvalue weighted by molar-refractivity contribution is -0.145. The first-order valence-electron chi connectivity index (χ1n) is 7.14. The molecule has 2 atom stereocenters. The van der Waals surface area contributed by atoms with Crippen molar-refractivity contribution in [1.29, 1.82) is 0 Å². The molecule has 21 heavy (non-hydrogen) atoms. The molecule has 1 aromatic rings. The molecule has 0 aromatic carbocycles. The second-order valence-corrected chi connectivity index (χ2v) is 5.39. The highest BCUT2D eigenvalue weighted by atomic mass is 16.5. The molecule has 0 radical (unpaired) electrons. The molecule has 7 nitrogen and oxygen atoms in total.